The molecule has 0 bridgehead atoms. The van der Waals surface area contributed by atoms with Crippen LogP contribution in [0, 0.1) is 5.82 Å². The first kappa shape index (κ1) is 20.2. The number of carbonyl (C=O) groups excluding carboxylic acids is 1. The van der Waals surface area contributed by atoms with Crippen molar-refractivity contribution in [1.29, 1.82) is 0 Å². The average Bonchev–Trinajstić information content (AvgIpc) is 3.15. The highest BCUT2D eigenvalue weighted by Crippen LogP contribution is 2.26. The lowest BCUT2D eigenvalue weighted by Gasteiger charge is -2.38. The largest absolute Gasteiger partial charge is 0.497 e. The Balaban J connectivity index is 1.62. The van der Waals surface area contributed by atoms with E-state index in [1.165, 1.54) is 24.1 Å². The summed E-state index contributed by atoms with van der Waals surface area (Å²) in [7, 11) is 1.50. The molecule has 0 aliphatic carbocycles. The van der Waals surface area contributed by atoms with Gasteiger partial charge in [0.2, 0.25) is 11.8 Å². The van der Waals surface area contributed by atoms with E-state index in [0.717, 1.165) is 0 Å². The molecule has 1 amide bonds. The van der Waals surface area contributed by atoms with Crippen molar-refractivity contribution >= 4 is 5.91 Å². The molecule has 1 atom stereocenters. The van der Waals surface area contributed by atoms with Crippen molar-refractivity contribution in [3.63, 3.8) is 0 Å². The van der Waals surface area contributed by atoms with E-state index in [1.807, 2.05) is 6.92 Å². The highest BCUT2D eigenvalue weighted by Gasteiger charge is 2.42. The lowest BCUT2D eigenvalue weighted by atomic mass is 9.91. The van der Waals surface area contributed by atoms with Crippen molar-refractivity contribution in [3.05, 3.63) is 41.4 Å². The Bertz CT molecular complexity index is 828. The predicted octanol–water partition coefficient (Wildman–Crippen LogP) is 1.42. The lowest BCUT2D eigenvalue weighted by Crippen LogP contribution is -2.57. The molecule has 0 saturated carbocycles. The third kappa shape index (κ3) is 4.48. The lowest BCUT2D eigenvalue weighted by molar-refractivity contribution is -0.157. The average molecular weight is 392 g/mol. The smallest absolute Gasteiger partial charge is 0.256 e. The predicted molar refractivity (Wildman–Crippen MR) is 97.9 cm³/mol. The van der Waals surface area contributed by atoms with Gasteiger partial charge in [0.25, 0.3) is 5.91 Å². The van der Waals surface area contributed by atoms with Gasteiger partial charge in [-0.05, 0) is 31.0 Å². The number of benzene rings is 1. The van der Waals surface area contributed by atoms with Crippen molar-refractivity contribution in [1.82, 2.24) is 20.4 Å². The fourth-order valence-corrected chi connectivity index (χ4v) is 3.26. The zero-order valence-corrected chi connectivity index (χ0v) is 16.1. The second kappa shape index (κ2) is 8.66. The second-order valence-electron chi connectivity index (χ2n) is 6.87. The van der Waals surface area contributed by atoms with E-state index >= 15 is 0 Å². The first-order valence-corrected chi connectivity index (χ1v) is 9.31. The molecule has 2 N–H and O–H groups in total. The number of carbonyl (C=O) groups is 1. The van der Waals surface area contributed by atoms with Gasteiger partial charge in [0, 0.05) is 31.6 Å². The van der Waals surface area contributed by atoms with Crippen LogP contribution >= 0.6 is 0 Å². The third-order valence-corrected chi connectivity index (χ3v) is 4.82. The highest BCUT2D eigenvalue weighted by atomic mass is 19.1. The molecule has 0 radical (unpaired) electrons. The number of amides is 1. The fourth-order valence-electron chi connectivity index (χ4n) is 3.26. The molecule has 28 heavy (non-hydrogen) atoms. The van der Waals surface area contributed by atoms with Crippen LogP contribution in [0.2, 0.25) is 0 Å². The Morgan fingerprint density at radius 1 is 1.39 bits per heavy atom. The van der Waals surface area contributed by atoms with Gasteiger partial charge in [-0.2, -0.15) is 0 Å². The Morgan fingerprint density at radius 3 is 2.89 bits per heavy atom. The summed E-state index contributed by atoms with van der Waals surface area (Å²) in [4.78, 5) is 14.3. The minimum absolute atomic E-state index is 0.0484. The number of hydrogen-bond donors (Lipinski definition) is 2. The maximum Gasteiger partial charge on any atom is 0.256 e. The van der Waals surface area contributed by atoms with Crippen LogP contribution in [-0.2, 0) is 24.3 Å². The third-order valence-electron chi connectivity index (χ3n) is 4.82. The van der Waals surface area contributed by atoms with Gasteiger partial charge in [-0.25, -0.2) is 4.39 Å². The number of aryl methyl sites for hydroxylation is 1. The standard InChI is InChI=1S/C19H25FN4O4/c1-3-16-22-23-17(28-16)10-21-12-19(26)7-4-8-24(18(19)25)11-13-9-14(27-2)5-6-15(13)20/h5-6,9,21,26H,3-4,7-8,10-12H2,1-2H3. The van der Waals surface area contributed by atoms with Crippen molar-refractivity contribution < 1.29 is 23.4 Å². The number of ether oxygens (including phenoxy) is 1. The molecular weight excluding hydrogens is 367 g/mol. The molecule has 8 nitrogen and oxygen atoms in total. The monoisotopic (exact) mass is 392 g/mol. The summed E-state index contributed by atoms with van der Waals surface area (Å²) in [5, 5.41) is 21.6. The molecule has 1 aliphatic rings. The number of nitrogens with one attached hydrogen (secondary N) is 1. The van der Waals surface area contributed by atoms with Crippen molar-refractivity contribution in [2.75, 3.05) is 20.2 Å². The minimum Gasteiger partial charge on any atom is -0.497 e. The van der Waals surface area contributed by atoms with E-state index in [4.69, 9.17) is 9.15 Å². The number of nitrogens with zero attached hydrogens (tertiary/aromatic N) is 3. The Hall–Kier alpha value is -2.52. The van der Waals surface area contributed by atoms with Gasteiger partial charge in [-0.1, -0.05) is 6.92 Å². The van der Waals surface area contributed by atoms with Crippen LogP contribution < -0.4 is 10.1 Å². The summed E-state index contributed by atoms with van der Waals surface area (Å²) in [6, 6.07) is 4.40. The van der Waals surface area contributed by atoms with E-state index < -0.39 is 17.3 Å². The molecule has 152 valence electrons. The number of halogens is 1. The van der Waals surface area contributed by atoms with Crippen LogP contribution in [-0.4, -0.2) is 51.9 Å². The zero-order chi connectivity index (χ0) is 20.1. The van der Waals surface area contributed by atoms with Crippen LogP contribution in [0.1, 0.15) is 37.1 Å². The van der Waals surface area contributed by atoms with Gasteiger partial charge in [0.05, 0.1) is 13.7 Å². The van der Waals surface area contributed by atoms with E-state index in [-0.39, 0.29) is 19.6 Å². The number of likely N-dealkylation sites (tertiary alicyclic amines) is 1. The molecule has 1 unspecified atom stereocenters. The molecule has 9 heteroatoms. The second-order valence-corrected chi connectivity index (χ2v) is 6.87. The molecule has 1 saturated heterocycles. The topological polar surface area (TPSA) is 101 Å². The highest BCUT2D eigenvalue weighted by molar-refractivity contribution is 5.86. The molecule has 1 aliphatic heterocycles. The molecule has 1 aromatic heterocycles. The van der Waals surface area contributed by atoms with E-state index in [9.17, 15) is 14.3 Å². The van der Waals surface area contributed by atoms with Crippen LogP contribution in [0.4, 0.5) is 4.39 Å². The van der Waals surface area contributed by atoms with Crippen molar-refractivity contribution in [3.8, 4) is 5.75 Å². The number of aromatic nitrogens is 2. The van der Waals surface area contributed by atoms with Crippen LogP contribution in [0.25, 0.3) is 0 Å². The normalized spacial score (nSPS) is 19.9. The Morgan fingerprint density at radius 2 is 2.18 bits per heavy atom. The van der Waals surface area contributed by atoms with Gasteiger partial charge in [-0.3, -0.25) is 4.79 Å². The maximum absolute atomic E-state index is 14.1. The number of piperidine rings is 1. The summed E-state index contributed by atoms with van der Waals surface area (Å²) >= 11 is 0. The summed E-state index contributed by atoms with van der Waals surface area (Å²) in [6.45, 7) is 2.75. The first-order chi connectivity index (χ1) is 13.4. The van der Waals surface area contributed by atoms with Gasteiger partial charge < -0.3 is 24.5 Å². The van der Waals surface area contributed by atoms with E-state index in [2.05, 4.69) is 15.5 Å². The van der Waals surface area contributed by atoms with Crippen molar-refractivity contribution in [2.45, 2.75) is 44.9 Å². The van der Waals surface area contributed by atoms with Crippen molar-refractivity contribution in [2.24, 2.45) is 0 Å². The quantitative estimate of drug-likeness (QED) is 0.701. The molecule has 1 fully saturated rings. The maximum atomic E-state index is 14.1. The number of rotatable bonds is 8. The molecule has 1 aromatic carbocycles. The Labute approximate surface area is 162 Å². The summed E-state index contributed by atoms with van der Waals surface area (Å²) in [6.07, 6.45) is 1.60. The van der Waals surface area contributed by atoms with Gasteiger partial charge in [0.1, 0.15) is 11.6 Å². The summed E-state index contributed by atoms with van der Waals surface area (Å²) in [5.41, 5.74) is -1.20. The molecule has 3 rings (SSSR count). The fraction of sp³-hybridized carbons (Fsp3) is 0.526. The summed E-state index contributed by atoms with van der Waals surface area (Å²) in [5.74, 6) is 0.621. The minimum atomic E-state index is -1.55. The zero-order valence-electron chi connectivity index (χ0n) is 16.1. The molecule has 2 aromatic rings. The van der Waals surface area contributed by atoms with Gasteiger partial charge in [-0.15, -0.1) is 10.2 Å². The molecular formula is C19H25FN4O4. The van der Waals surface area contributed by atoms with Crippen LogP contribution in [0.3, 0.4) is 0 Å². The SMILES string of the molecule is CCc1nnc(CNCC2(O)CCCN(Cc3cc(OC)ccc3F)C2=O)o1. The number of hydrogen-bond acceptors (Lipinski definition) is 7. The Kier molecular flexibility index (Phi) is 6.25. The number of aliphatic hydroxyl groups is 1. The molecule has 2 heterocycles. The molecule has 0 spiro atoms. The summed E-state index contributed by atoms with van der Waals surface area (Å²) < 4.78 is 24.6. The van der Waals surface area contributed by atoms with Crippen LogP contribution in [0.5, 0.6) is 5.75 Å². The van der Waals surface area contributed by atoms with E-state index in [0.29, 0.717) is 48.9 Å². The van der Waals surface area contributed by atoms with Gasteiger partial charge in [0.15, 0.2) is 5.60 Å². The van der Waals surface area contributed by atoms with Gasteiger partial charge >= 0.3 is 0 Å². The number of methoxy groups -OCH3 is 1. The van der Waals surface area contributed by atoms with E-state index in [1.54, 1.807) is 6.07 Å². The van der Waals surface area contributed by atoms with Crippen LogP contribution in [0.15, 0.2) is 22.6 Å². The first-order valence-electron chi connectivity index (χ1n) is 9.31.